The van der Waals surface area contributed by atoms with Gasteiger partial charge in [-0.1, -0.05) is 0 Å². The molecule has 3 N–H and O–H groups in total. The van der Waals surface area contributed by atoms with Crippen molar-refractivity contribution < 1.29 is 28.6 Å². The highest BCUT2D eigenvalue weighted by Gasteiger charge is 2.13. The Kier molecular flexibility index (Phi) is 9.01. The van der Waals surface area contributed by atoms with Crippen LogP contribution in [0.1, 0.15) is 29.7 Å². The average molecular weight is 438 g/mol. The first-order valence-corrected chi connectivity index (χ1v) is 10.5. The number of aliphatic hydroxyl groups is 1. The summed E-state index contributed by atoms with van der Waals surface area (Å²) in [6.07, 6.45) is 0.229. The Morgan fingerprint density at radius 1 is 1.33 bits per heavy atom. The summed E-state index contributed by atoms with van der Waals surface area (Å²) in [5.74, 6) is 0. The molecule has 2 unspecified atom stereocenters. The van der Waals surface area contributed by atoms with Crippen molar-refractivity contribution in [1.29, 1.82) is 0 Å². The van der Waals surface area contributed by atoms with Gasteiger partial charge in [-0.2, -0.15) is 4.99 Å². The molecule has 1 aromatic carbocycles. The van der Waals surface area contributed by atoms with Crippen LogP contribution in [0.5, 0.6) is 0 Å². The van der Waals surface area contributed by atoms with E-state index in [-0.39, 0.29) is 13.0 Å². The van der Waals surface area contributed by atoms with Crippen molar-refractivity contribution in [3.05, 3.63) is 34.4 Å². The summed E-state index contributed by atoms with van der Waals surface area (Å²) in [5.41, 5.74) is 4.48. The number of urea groups is 1. The van der Waals surface area contributed by atoms with Crippen molar-refractivity contribution in [2.45, 2.75) is 46.3 Å². The second kappa shape index (κ2) is 11.2. The van der Waals surface area contributed by atoms with E-state index in [0.717, 1.165) is 22.2 Å². The number of benzene rings is 1. The summed E-state index contributed by atoms with van der Waals surface area (Å²) < 4.78 is 11.5. The Morgan fingerprint density at radius 3 is 2.70 bits per heavy atom. The molecule has 10 nitrogen and oxygen atoms in total. The van der Waals surface area contributed by atoms with Gasteiger partial charge in [0.1, 0.15) is 0 Å². The fourth-order valence-corrected chi connectivity index (χ4v) is 3.29. The first-order chi connectivity index (χ1) is 14.3. The minimum Gasteiger partial charge on any atom is -0.393 e. The van der Waals surface area contributed by atoms with E-state index in [9.17, 15) is 19.6 Å². The molecule has 0 aliphatic rings. The SMILES string of the molecule is COP(O)OCCC(O)CCn1/c(=N/C(=O)NC=O)c(C)nc2cc(C)c(C)cc21. The van der Waals surface area contributed by atoms with E-state index >= 15 is 0 Å². The van der Waals surface area contributed by atoms with Crippen LogP contribution in [0.3, 0.4) is 0 Å². The van der Waals surface area contributed by atoms with Gasteiger partial charge in [-0.05, 0) is 56.9 Å². The lowest BCUT2D eigenvalue weighted by Gasteiger charge is -2.17. The molecule has 3 amide bonds. The van der Waals surface area contributed by atoms with Crippen molar-refractivity contribution in [2.75, 3.05) is 13.7 Å². The second-order valence-corrected chi connectivity index (χ2v) is 7.86. The average Bonchev–Trinajstić information content (AvgIpc) is 2.69. The quantitative estimate of drug-likeness (QED) is 0.401. The zero-order chi connectivity index (χ0) is 22.3. The lowest BCUT2D eigenvalue weighted by Crippen LogP contribution is -2.31. The third-order valence-electron chi connectivity index (χ3n) is 4.63. The molecular weight excluding hydrogens is 411 g/mol. The highest BCUT2D eigenvalue weighted by molar-refractivity contribution is 7.40. The maximum absolute atomic E-state index is 11.9. The molecule has 0 bridgehead atoms. The number of aryl methyl sites for hydroxylation is 4. The normalized spacial score (nSPS) is 14.0. The molecule has 1 heterocycles. The number of hydrogen-bond acceptors (Lipinski definition) is 7. The Bertz CT molecular complexity index is 978. The molecule has 1 aromatic heterocycles. The molecule has 0 spiro atoms. The summed E-state index contributed by atoms with van der Waals surface area (Å²) in [7, 11) is -0.590. The van der Waals surface area contributed by atoms with Crippen LogP contribution in [0, 0.1) is 20.8 Å². The third-order valence-corrected chi connectivity index (χ3v) is 5.35. The molecule has 2 aromatic rings. The van der Waals surface area contributed by atoms with Crippen LogP contribution in [-0.2, 0) is 20.4 Å². The minimum absolute atomic E-state index is 0.148. The van der Waals surface area contributed by atoms with Gasteiger partial charge in [0, 0.05) is 13.7 Å². The largest absolute Gasteiger partial charge is 0.393 e. The molecule has 0 aliphatic carbocycles. The second-order valence-electron chi connectivity index (χ2n) is 6.76. The summed E-state index contributed by atoms with van der Waals surface area (Å²) in [6, 6.07) is 3.12. The van der Waals surface area contributed by atoms with Gasteiger partial charge >= 0.3 is 14.6 Å². The van der Waals surface area contributed by atoms with E-state index in [2.05, 4.69) is 14.5 Å². The van der Waals surface area contributed by atoms with E-state index in [1.807, 2.05) is 35.9 Å². The predicted molar refractivity (Wildman–Crippen MR) is 111 cm³/mol. The summed E-state index contributed by atoms with van der Waals surface area (Å²) in [5, 5.41) is 12.3. The fourth-order valence-electron chi connectivity index (χ4n) is 2.92. The van der Waals surface area contributed by atoms with Gasteiger partial charge in [0.2, 0.25) is 6.41 Å². The number of hydrogen-bond donors (Lipinski definition) is 3. The van der Waals surface area contributed by atoms with E-state index in [1.165, 1.54) is 7.11 Å². The number of aromatic nitrogens is 2. The number of imide groups is 1. The number of carbonyl (C=O) groups excluding carboxylic acids is 2. The molecule has 0 aliphatic heterocycles. The van der Waals surface area contributed by atoms with E-state index in [4.69, 9.17) is 4.52 Å². The molecule has 2 rings (SSSR count). The Hall–Kier alpha value is -2.23. The summed E-state index contributed by atoms with van der Waals surface area (Å²) >= 11 is 0. The lowest BCUT2D eigenvalue weighted by molar-refractivity contribution is -0.108. The van der Waals surface area contributed by atoms with Crippen molar-refractivity contribution in [3.63, 3.8) is 0 Å². The van der Waals surface area contributed by atoms with Gasteiger partial charge in [0.05, 0.1) is 29.4 Å². The number of amides is 3. The molecule has 0 saturated heterocycles. The first kappa shape index (κ1) is 24.0. The number of nitrogens with one attached hydrogen (secondary N) is 1. The van der Waals surface area contributed by atoms with E-state index in [1.54, 1.807) is 6.92 Å². The molecule has 164 valence electrons. The monoisotopic (exact) mass is 438 g/mol. The number of aliphatic hydroxyl groups excluding tert-OH is 1. The van der Waals surface area contributed by atoms with Gasteiger partial charge in [-0.25, -0.2) is 9.78 Å². The van der Waals surface area contributed by atoms with Crippen molar-refractivity contribution in [2.24, 2.45) is 4.99 Å². The Morgan fingerprint density at radius 2 is 2.03 bits per heavy atom. The van der Waals surface area contributed by atoms with Crippen LogP contribution >= 0.6 is 8.60 Å². The van der Waals surface area contributed by atoms with Crippen LogP contribution < -0.4 is 10.8 Å². The van der Waals surface area contributed by atoms with Gasteiger partial charge in [-0.15, -0.1) is 0 Å². The predicted octanol–water partition coefficient (Wildman–Crippen LogP) is 1.75. The standard InChI is InChI=1S/C19H27N4O6P/c1-12-9-16-17(10-13(12)2)23(7-5-15(25)6-8-29-30(27)28-4)18(14(3)21-16)22-19(26)20-11-24/h9-11,15,25,27H,5-8H2,1-4H3,(H,20,24,26)/b22-18+. The van der Waals surface area contributed by atoms with Gasteiger partial charge in [0.15, 0.2) is 5.49 Å². The molecule has 0 radical (unpaired) electrons. The van der Waals surface area contributed by atoms with Crippen LogP contribution in [0.15, 0.2) is 17.1 Å². The maximum Gasteiger partial charge on any atom is 0.349 e. The maximum atomic E-state index is 11.9. The highest BCUT2D eigenvalue weighted by Crippen LogP contribution is 2.31. The minimum atomic E-state index is -1.93. The van der Waals surface area contributed by atoms with Gasteiger partial charge in [0.25, 0.3) is 0 Å². The molecule has 0 fully saturated rings. The first-order valence-electron chi connectivity index (χ1n) is 9.38. The fraction of sp³-hybridized carbons (Fsp3) is 0.474. The smallest absolute Gasteiger partial charge is 0.349 e. The topological polar surface area (TPSA) is 135 Å². The molecule has 0 saturated carbocycles. The Labute approximate surface area is 175 Å². The van der Waals surface area contributed by atoms with Crippen LogP contribution in [0.4, 0.5) is 4.79 Å². The van der Waals surface area contributed by atoms with E-state index < -0.39 is 20.7 Å². The summed E-state index contributed by atoms with van der Waals surface area (Å²) in [4.78, 5) is 40.3. The lowest BCUT2D eigenvalue weighted by atomic mass is 10.1. The highest BCUT2D eigenvalue weighted by atomic mass is 31.2. The van der Waals surface area contributed by atoms with Crippen molar-refractivity contribution in [3.8, 4) is 0 Å². The van der Waals surface area contributed by atoms with Crippen LogP contribution in [0.25, 0.3) is 11.0 Å². The molecule has 11 heteroatoms. The zero-order valence-electron chi connectivity index (χ0n) is 17.5. The number of nitrogens with zero attached hydrogens (tertiary/aromatic N) is 3. The van der Waals surface area contributed by atoms with E-state index in [0.29, 0.717) is 30.6 Å². The van der Waals surface area contributed by atoms with Crippen LogP contribution in [0.2, 0.25) is 0 Å². The van der Waals surface area contributed by atoms with Gasteiger partial charge in [-0.3, -0.25) is 10.1 Å². The molecule has 30 heavy (non-hydrogen) atoms. The number of rotatable bonds is 9. The molecule has 2 atom stereocenters. The zero-order valence-corrected chi connectivity index (χ0v) is 18.3. The number of carbonyl (C=O) groups is 2. The van der Waals surface area contributed by atoms with Crippen molar-refractivity contribution >= 4 is 32.1 Å². The van der Waals surface area contributed by atoms with Gasteiger partial charge < -0.3 is 23.6 Å². The number of fused-ring (bicyclic) bond motifs is 1. The van der Waals surface area contributed by atoms with Crippen LogP contribution in [-0.4, -0.2) is 51.8 Å². The summed E-state index contributed by atoms with van der Waals surface area (Å²) in [6.45, 7) is 6.20. The third kappa shape index (κ3) is 6.38. The molecular formula is C19H27N4O6P. The van der Waals surface area contributed by atoms with Crippen molar-refractivity contribution in [1.82, 2.24) is 14.9 Å². The Balaban J connectivity index is 2.37.